The standard InChI is InChI=1S/C12H15NOS2/c14-12(10-5-1-2-6-11(10)15)13-8-9-4-3-7-16-9/h1-2,5-6,9,15H,3-4,7-8H2,(H,13,14). The SMILES string of the molecule is O=C(NCC1CCCS1)c1ccccc1S. The van der Waals surface area contributed by atoms with Gasteiger partial charge in [-0.05, 0) is 30.7 Å². The number of amides is 1. The first-order valence-corrected chi connectivity index (χ1v) is 6.95. The third-order valence-electron chi connectivity index (χ3n) is 2.66. The van der Waals surface area contributed by atoms with E-state index in [0.29, 0.717) is 10.8 Å². The minimum atomic E-state index is -0.0156. The molecule has 0 radical (unpaired) electrons. The van der Waals surface area contributed by atoms with Crippen LogP contribution in [0.25, 0.3) is 0 Å². The quantitative estimate of drug-likeness (QED) is 0.811. The number of hydrogen-bond donors (Lipinski definition) is 2. The van der Waals surface area contributed by atoms with E-state index in [4.69, 9.17) is 0 Å². The van der Waals surface area contributed by atoms with Crippen LogP contribution in [0.4, 0.5) is 0 Å². The molecule has 0 aliphatic carbocycles. The van der Waals surface area contributed by atoms with Gasteiger partial charge in [0, 0.05) is 16.7 Å². The molecule has 2 nitrogen and oxygen atoms in total. The highest BCUT2D eigenvalue weighted by Crippen LogP contribution is 2.25. The van der Waals surface area contributed by atoms with Crippen LogP contribution in [0.5, 0.6) is 0 Å². The van der Waals surface area contributed by atoms with Crippen molar-refractivity contribution in [1.82, 2.24) is 5.32 Å². The van der Waals surface area contributed by atoms with Crippen LogP contribution in [-0.4, -0.2) is 23.5 Å². The Bertz CT molecular complexity index is 375. The Morgan fingerprint density at radius 2 is 2.31 bits per heavy atom. The lowest BCUT2D eigenvalue weighted by Gasteiger charge is -2.10. The molecule has 4 heteroatoms. The molecule has 1 aliphatic rings. The van der Waals surface area contributed by atoms with Gasteiger partial charge in [-0.2, -0.15) is 11.8 Å². The van der Waals surface area contributed by atoms with Crippen LogP contribution < -0.4 is 5.32 Å². The number of carbonyl (C=O) groups is 1. The molecule has 1 N–H and O–H groups in total. The number of hydrogen-bond acceptors (Lipinski definition) is 3. The predicted octanol–water partition coefficient (Wildman–Crippen LogP) is 2.60. The van der Waals surface area contributed by atoms with Crippen LogP contribution in [0.2, 0.25) is 0 Å². The molecule has 1 aromatic rings. The van der Waals surface area contributed by atoms with Crippen molar-refractivity contribution in [3.63, 3.8) is 0 Å². The van der Waals surface area contributed by atoms with Crippen molar-refractivity contribution in [1.29, 1.82) is 0 Å². The van der Waals surface area contributed by atoms with E-state index in [2.05, 4.69) is 17.9 Å². The second kappa shape index (κ2) is 5.64. The van der Waals surface area contributed by atoms with Gasteiger partial charge < -0.3 is 5.32 Å². The summed E-state index contributed by atoms with van der Waals surface area (Å²) in [6.45, 7) is 0.769. The maximum absolute atomic E-state index is 11.9. The van der Waals surface area contributed by atoms with Gasteiger partial charge in [0.2, 0.25) is 0 Å². The van der Waals surface area contributed by atoms with Crippen LogP contribution in [0.3, 0.4) is 0 Å². The van der Waals surface area contributed by atoms with Crippen molar-refractivity contribution in [2.75, 3.05) is 12.3 Å². The molecule has 1 atom stereocenters. The molecule has 1 aliphatic heterocycles. The van der Waals surface area contributed by atoms with Crippen LogP contribution in [-0.2, 0) is 0 Å². The third kappa shape index (κ3) is 2.95. The van der Waals surface area contributed by atoms with E-state index < -0.39 is 0 Å². The Balaban J connectivity index is 1.90. The van der Waals surface area contributed by atoms with Gasteiger partial charge in [-0.15, -0.1) is 12.6 Å². The normalized spacial score (nSPS) is 19.7. The van der Waals surface area contributed by atoms with Gasteiger partial charge in [0.15, 0.2) is 0 Å². The van der Waals surface area contributed by atoms with Gasteiger partial charge >= 0.3 is 0 Å². The summed E-state index contributed by atoms with van der Waals surface area (Å²) in [7, 11) is 0. The lowest BCUT2D eigenvalue weighted by Crippen LogP contribution is -2.29. The van der Waals surface area contributed by atoms with E-state index in [1.165, 1.54) is 18.6 Å². The van der Waals surface area contributed by atoms with Gasteiger partial charge in [-0.1, -0.05) is 12.1 Å². The Kier molecular flexibility index (Phi) is 4.18. The molecule has 1 heterocycles. The highest BCUT2D eigenvalue weighted by Gasteiger charge is 2.17. The van der Waals surface area contributed by atoms with Gasteiger partial charge in [-0.25, -0.2) is 0 Å². The average Bonchev–Trinajstić information content (AvgIpc) is 2.79. The lowest BCUT2D eigenvalue weighted by atomic mass is 10.2. The zero-order valence-corrected chi connectivity index (χ0v) is 10.7. The summed E-state index contributed by atoms with van der Waals surface area (Å²) in [6.07, 6.45) is 2.49. The second-order valence-electron chi connectivity index (χ2n) is 3.86. The number of thioether (sulfide) groups is 1. The fourth-order valence-electron chi connectivity index (χ4n) is 1.77. The molecule has 0 aromatic heterocycles. The minimum Gasteiger partial charge on any atom is -0.351 e. The van der Waals surface area contributed by atoms with E-state index in [0.717, 1.165) is 11.4 Å². The van der Waals surface area contributed by atoms with E-state index in [9.17, 15) is 4.79 Å². The zero-order chi connectivity index (χ0) is 11.4. The first kappa shape index (κ1) is 11.9. The van der Waals surface area contributed by atoms with Crippen molar-refractivity contribution < 1.29 is 4.79 Å². The van der Waals surface area contributed by atoms with Gasteiger partial charge in [0.25, 0.3) is 5.91 Å². The van der Waals surface area contributed by atoms with Crippen molar-refractivity contribution in [3.8, 4) is 0 Å². The molecule has 1 amide bonds. The topological polar surface area (TPSA) is 29.1 Å². The van der Waals surface area contributed by atoms with E-state index in [1.54, 1.807) is 6.07 Å². The van der Waals surface area contributed by atoms with Crippen molar-refractivity contribution in [3.05, 3.63) is 29.8 Å². The van der Waals surface area contributed by atoms with E-state index >= 15 is 0 Å². The monoisotopic (exact) mass is 253 g/mol. The minimum absolute atomic E-state index is 0.0156. The van der Waals surface area contributed by atoms with E-state index in [-0.39, 0.29) is 5.91 Å². The fraction of sp³-hybridized carbons (Fsp3) is 0.417. The van der Waals surface area contributed by atoms with Crippen molar-refractivity contribution >= 4 is 30.3 Å². The number of rotatable bonds is 3. The van der Waals surface area contributed by atoms with Gasteiger partial charge in [0.05, 0.1) is 5.56 Å². The Labute approximate surface area is 106 Å². The summed E-state index contributed by atoms with van der Waals surface area (Å²) in [5.41, 5.74) is 0.661. The molecule has 0 spiro atoms. The molecular weight excluding hydrogens is 238 g/mol. The molecule has 0 saturated carbocycles. The third-order valence-corrected chi connectivity index (χ3v) is 4.45. The largest absolute Gasteiger partial charge is 0.351 e. The van der Waals surface area contributed by atoms with Crippen LogP contribution in [0.15, 0.2) is 29.2 Å². The van der Waals surface area contributed by atoms with Gasteiger partial charge in [0.1, 0.15) is 0 Å². The summed E-state index contributed by atoms with van der Waals surface area (Å²) in [4.78, 5) is 12.6. The Morgan fingerprint density at radius 3 is 3.00 bits per heavy atom. The second-order valence-corrected chi connectivity index (χ2v) is 5.75. The molecule has 2 rings (SSSR count). The number of carbonyl (C=O) groups excluding carboxylic acids is 1. The summed E-state index contributed by atoms with van der Waals surface area (Å²) in [5.74, 6) is 1.21. The van der Waals surface area contributed by atoms with E-state index in [1.807, 2.05) is 30.0 Å². The molecule has 16 heavy (non-hydrogen) atoms. The Hall–Kier alpha value is -0.610. The summed E-state index contributed by atoms with van der Waals surface area (Å²) < 4.78 is 0. The molecule has 86 valence electrons. The molecule has 1 aromatic carbocycles. The molecule has 0 bridgehead atoms. The van der Waals surface area contributed by atoms with Gasteiger partial charge in [-0.3, -0.25) is 4.79 Å². The summed E-state index contributed by atoms with van der Waals surface area (Å²) in [6, 6.07) is 7.38. The number of thiol groups is 1. The van der Waals surface area contributed by atoms with Crippen molar-refractivity contribution in [2.45, 2.75) is 23.0 Å². The highest BCUT2D eigenvalue weighted by molar-refractivity contribution is 8.00. The smallest absolute Gasteiger partial charge is 0.252 e. The van der Waals surface area contributed by atoms with Crippen molar-refractivity contribution in [2.24, 2.45) is 0 Å². The molecular formula is C12H15NOS2. The van der Waals surface area contributed by atoms with Crippen LogP contribution >= 0.6 is 24.4 Å². The Morgan fingerprint density at radius 1 is 1.50 bits per heavy atom. The van der Waals surface area contributed by atoms with Crippen LogP contribution in [0.1, 0.15) is 23.2 Å². The first-order valence-electron chi connectivity index (χ1n) is 5.45. The first-order chi connectivity index (χ1) is 7.77. The zero-order valence-electron chi connectivity index (χ0n) is 8.98. The predicted molar refractivity (Wildman–Crippen MR) is 71.5 cm³/mol. The maximum atomic E-state index is 11.9. The van der Waals surface area contributed by atoms with Crippen LogP contribution in [0, 0.1) is 0 Å². The lowest BCUT2D eigenvalue weighted by molar-refractivity contribution is 0.0951. The summed E-state index contributed by atoms with van der Waals surface area (Å²) in [5, 5.41) is 3.57. The fourth-order valence-corrected chi connectivity index (χ4v) is 3.24. The average molecular weight is 253 g/mol. The number of benzene rings is 1. The molecule has 1 fully saturated rings. The summed E-state index contributed by atoms with van der Waals surface area (Å²) >= 11 is 6.22. The highest BCUT2D eigenvalue weighted by atomic mass is 32.2. The molecule has 1 saturated heterocycles. The number of nitrogens with one attached hydrogen (secondary N) is 1. The maximum Gasteiger partial charge on any atom is 0.252 e. The molecule has 1 unspecified atom stereocenters.